The van der Waals surface area contributed by atoms with Gasteiger partial charge >= 0.3 is 0 Å². The minimum absolute atomic E-state index is 0.0554. The Morgan fingerprint density at radius 2 is 2.27 bits per heavy atom. The Bertz CT molecular complexity index is 925. The van der Waals surface area contributed by atoms with Gasteiger partial charge in [-0.25, -0.2) is 4.98 Å². The number of aromatic nitrogens is 2. The zero-order chi connectivity index (χ0) is 18.1. The van der Waals surface area contributed by atoms with Crippen molar-refractivity contribution in [1.82, 2.24) is 15.5 Å². The zero-order valence-electron chi connectivity index (χ0n) is 14.1. The molecule has 0 aliphatic carbocycles. The van der Waals surface area contributed by atoms with Crippen molar-refractivity contribution in [3.63, 3.8) is 0 Å². The van der Waals surface area contributed by atoms with E-state index in [1.54, 1.807) is 30.5 Å². The molecule has 0 radical (unpaired) electrons. The minimum Gasteiger partial charge on any atom is -0.360 e. The van der Waals surface area contributed by atoms with Crippen LogP contribution < -0.4 is 10.2 Å². The third kappa shape index (κ3) is 3.20. The fourth-order valence-corrected chi connectivity index (χ4v) is 4.06. The smallest absolute Gasteiger partial charge is 0.257 e. The van der Waals surface area contributed by atoms with Crippen LogP contribution in [-0.4, -0.2) is 35.2 Å². The molecular weight excluding hydrogens is 372 g/mol. The summed E-state index contributed by atoms with van der Waals surface area (Å²) in [4.78, 5) is 19.4. The predicted octanol–water partition coefficient (Wildman–Crippen LogP) is 3.77. The number of anilines is 1. The van der Waals surface area contributed by atoms with E-state index in [-0.39, 0.29) is 11.9 Å². The van der Waals surface area contributed by atoms with Gasteiger partial charge in [-0.2, -0.15) is 0 Å². The number of hydrogen-bond donors (Lipinski definition) is 1. The topological polar surface area (TPSA) is 71.3 Å². The normalized spacial score (nSPS) is 16.8. The molecule has 3 heterocycles. The molecule has 26 heavy (non-hydrogen) atoms. The number of carbonyl (C=O) groups excluding carboxylic acids is 1. The van der Waals surface area contributed by atoms with E-state index < -0.39 is 0 Å². The van der Waals surface area contributed by atoms with E-state index in [2.05, 4.69) is 20.4 Å². The summed E-state index contributed by atoms with van der Waals surface area (Å²) >= 11 is 7.87. The number of halogens is 1. The lowest BCUT2D eigenvalue weighted by molar-refractivity contribution is 0.0939. The highest BCUT2D eigenvalue weighted by atomic mass is 35.5. The standard InChI is InChI=1S/C18H17ClN4O2S/c1-11-15(16(22-25-11)13-4-2-3-5-14(13)19)17(24)21-12-6-8-23(10-12)18-20-7-9-26-18/h2-5,7,9,12H,6,8,10H2,1H3,(H,21,24)/t12-/m1/s1. The Morgan fingerprint density at radius 3 is 3.04 bits per heavy atom. The molecule has 0 spiro atoms. The first-order chi connectivity index (χ1) is 12.6. The van der Waals surface area contributed by atoms with Crippen LogP contribution in [0, 0.1) is 6.92 Å². The second kappa shape index (κ2) is 7.09. The van der Waals surface area contributed by atoms with Gasteiger partial charge < -0.3 is 14.7 Å². The Balaban J connectivity index is 1.53. The summed E-state index contributed by atoms with van der Waals surface area (Å²) in [5, 5.41) is 10.6. The van der Waals surface area contributed by atoms with Crippen LogP contribution in [0.15, 0.2) is 40.4 Å². The maximum Gasteiger partial charge on any atom is 0.257 e. The molecule has 0 saturated carbocycles. The highest BCUT2D eigenvalue weighted by Crippen LogP contribution is 2.31. The SMILES string of the molecule is Cc1onc(-c2ccccc2Cl)c1C(=O)N[C@@H]1CCN(c2nccs2)C1. The first kappa shape index (κ1) is 17.1. The van der Waals surface area contributed by atoms with Gasteiger partial charge in [0.1, 0.15) is 17.0 Å². The molecule has 2 aromatic heterocycles. The fraction of sp³-hybridized carbons (Fsp3) is 0.278. The molecular formula is C18H17ClN4O2S. The summed E-state index contributed by atoms with van der Waals surface area (Å²) in [7, 11) is 0. The number of nitrogens with one attached hydrogen (secondary N) is 1. The molecule has 1 saturated heterocycles. The first-order valence-electron chi connectivity index (χ1n) is 8.30. The van der Waals surface area contributed by atoms with Crippen molar-refractivity contribution in [2.75, 3.05) is 18.0 Å². The Kier molecular flexibility index (Phi) is 4.65. The van der Waals surface area contributed by atoms with Crippen molar-refractivity contribution < 1.29 is 9.32 Å². The van der Waals surface area contributed by atoms with Crippen LogP contribution in [0.2, 0.25) is 5.02 Å². The number of aryl methyl sites for hydroxylation is 1. The van der Waals surface area contributed by atoms with Crippen LogP contribution in [0.1, 0.15) is 22.5 Å². The lowest BCUT2D eigenvalue weighted by Gasteiger charge is -2.16. The number of benzene rings is 1. The van der Waals surface area contributed by atoms with E-state index in [0.29, 0.717) is 27.6 Å². The third-order valence-electron chi connectivity index (χ3n) is 4.43. The maximum atomic E-state index is 12.9. The highest BCUT2D eigenvalue weighted by molar-refractivity contribution is 7.13. The lowest BCUT2D eigenvalue weighted by Crippen LogP contribution is -2.37. The van der Waals surface area contributed by atoms with Crippen LogP contribution in [0.5, 0.6) is 0 Å². The number of thiazole rings is 1. The van der Waals surface area contributed by atoms with Crippen molar-refractivity contribution in [3.8, 4) is 11.3 Å². The largest absolute Gasteiger partial charge is 0.360 e. The molecule has 6 nitrogen and oxygen atoms in total. The number of rotatable bonds is 4. The molecule has 0 bridgehead atoms. The molecule has 1 aliphatic rings. The summed E-state index contributed by atoms with van der Waals surface area (Å²) in [5.41, 5.74) is 1.60. The summed E-state index contributed by atoms with van der Waals surface area (Å²) in [6.45, 7) is 3.35. The predicted molar refractivity (Wildman–Crippen MR) is 102 cm³/mol. The fourth-order valence-electron chi connectivity index (χ4n) is 3.16. The van der Waals surface area contributed by atoms with Gasteiger partial charge in [-0.05, 0) is 19.4 Å². The lowest BCUT2D eigenvalue weighted by atomic mass is 10.1. The van der Waals surface area contributed by atoms with Gasteiger partial charge in [0.15, 0.2) is 5.13 Å². The van der Waals surface area contributed by atoms with Crippen molar-refractivity contribution in [2.24, 2.45) is 0 Å². The van der Waals surface area contributed by atoms with Gasteiger partial charge in [0.25, 0.3) is 5.91 Å². The summed E-state index contributed by atoms with van der Waals surface area (Å²) in [6, 6.07) is 7.35. The summed E-state index contributed by atoms with van der Waals surface area (Å²) < 4.78 is 5.28. The van der Waals surface area contributed by atoms with Gasteiger partial charge in [0.05, 0.1) is 5.02 Å². The Labute approximate surface area is 159 Å². The van der Waals surface area contributed by atoms with Crippen LogP contribution in [0.3, 0.4) is 0 Å². The van der Waals surface area contributed by atoms with Crippen molar-refractivity contribution in [3.05, 3.63) is 52.2 Å². The summed E-state index contributed by atoms with van der Waals surface area (Å²) in [6.07, 6.45) is 2.67. The summed E-state index contributed by atoms with van der Waals surface area (Å²) in [5.74, 6) is 0.289. The zero-order valence-corrected chi connectivity index (χ0v) is 15.7. The van der Waals surface area contributed by atoms with Gasteiger partial charge in [0, 0.05) is 36.3 Å². The van der Waals surface area contributed by atoms with Crippen LogP contribution in [0.25, 0.3) is 11.3 Å². The molecule has 3 aromatic rings. The molecule has 0 unspecified atom stereocenters. The van der Waals surface area contributed by atoms with E-state index in [1.165, 1.54) is 0 Å². The number of amides is 1. The average molecular weight is 389 g/mol. The molecule has 4 rings (SSSR count). The van der Waals surface area contributed by atoms with E-state index in [9.17, 15) is 4.79 Å². The number of nitrogens with zero attached hydrogens (tertiary/aromatic N) is 3. The van der Waals surface area contributed by atoms with Crippen molar-refractivity contribution in [1.29, 1.82) is 0 Å². The molecule has 1 aromatic carbocycles. The molecule has 8 heteroatoms. The Hall–Kier alpha value is -2.38. The quantitative estimate of drug-likeness (QED) is 0.736. The minimum atomic E-state index is -0.190. The van der Waals surface area contributed by atoms with Crippen molar-refractivity contribution in [2.45, 2.75) is 19.4 Å². The van der Waals surface area contributed by atoms with Gasteiger partial charge in [-0.1, -0.05) is 35.0 Å². The van der Waals surface area contributed by atoms with Crippen molar-refractivity contribution >= 4 is 34.0 Å². The molecule has 1 fully saturated rings. The van der Waals surface area contributed by atoms with Crippen LogP contribution in [0.4, 0.5) is 5.13 Å². The molecule has 1 aliphatic heterocycles. The average Bonchev–Trinajstić information content (AvgIpc) is 3.35. The van der Waals surface area contributed by atoms with E-state index in [1.807, 2.05) is 23.6 Å². The monoisotopic (exact) mass is 388 g/mol. The molecule has 1 atom stereocenters. The van der Waals surface area contributed by atoms with Gasteiger partial charge in [0.2, 0.25) is 0 Å². The first-order valence-corrected chi connectivity index (χ1v) is 9.55. The second-order valence-electron chi connectivity index (χ2n) is 6.16. The Morgan fingerprint density at radius 1 is 1.42 bits per heavy atom. The van der Waals surface area contributed by atoms with Gasteiger partial charge in [-0.15, -0.1) is 11.3 Å². The van der Waals surface area contributed by atoms with E-state index in [4.69, 9.17) is 16.1 Å². The molecule has 134 valence electrons. The number of carbonyl (C=O) groups is 1. The highest BCUT2D eigenvalue weighted by Gasteiger charge is 2.29. The molecule has 1 amide bonds. The van der Waals surface area contributed by atoms with Crippen LogP contribution >= 0.6 is 22.9 Å². The third-order valence-corrected chi connectivity index (χ3v) is 5.59. The molecule has 1 N–H and O–H groups in total. The van der Waals surface area contributed by atoms with Crippen LogP contribution in [-0.2, 0) is 0 Å². The number of hydrogen-bond acceptors (Lipinski definition) is 6. The second-order valence-corrected chi connectivity index (χ2v) is 7.44. The maximum absolute atomic E-state index is 12.9. The van der Waals surface area contributed by atoms with Gasteiger partial charge in [-0.3, -0.25) is 4.79 Å². The van der Waals surface area contributed by atoms with E-state index in [0.717, 1.165) is 24.6 Å². The van der Waals surface area contributed by atoms with E-state index >= 15 is 0 Å².